The Hall–Kier alpha value is -3.02. The number of carbonyl (C=O) groups excluding carboxylic acids is 1. The first-order valence-corrected chi connectivity index (χ1v) is 11.4. The van der Waals surface area contributed by atoms with Gasteiger partial charge in [0.1, 0.15) is 0 Å². The smallest absolute Gasteiger partial charge is 0.279 e. The first-order chi connectivity index (χ1) is 15.1. The molecule has 4 aromatic rings. The molecule has 0 atom stereocenters. The fraction of sp³-hybridized carbons (Fsp3) is 0.231. The van der Waals surface area contributed by atoms with Crippen LogP contribution in [-0.2, 0) is 17.7 Å². The highest BCUT2D eigenvalue weighted by atomic mass is 32.1. The summed E-state index contributed by atoms with van der Waals surface area (Å²) in [5, 5.41) is 0. The van der Waals surface area contributed by atoms with E-state index in [4.69, 9.17) is 4.74 Å². The van der Waals surface area contributed by atoms with E-state index in [0.717, 1.165) is 16.6 Å². The Bertz CT molecular complexity index is 1240. The SMILES string of the molecule is CCOCCn1c(=NC(=O)c2ccc(Cc3ccccc3)cc2)sc2cc(C)ccc21. The predicted molar refractivity (Wildman–Crippen MR) is 127 cm³/mol. The summed E-state index contributed by atoms with van der Waals surface area (Å²) in [5.74, 6) is -0.223. The molecule has 0 aliphatic heterocycles. The zero-order chi connectivity index (χ0) is 21.6. The number of carbonyl (C=O) groups is 1. The van der Waals surface area contributed by atoms with Crippen LogP contribution >= 0.6 is 11.3 Å². The largest absolute Gasteiger partial charge is 0.380 e. The van der Waals surface area contributed by atoms with Gasteiger partial charge >= 0.3 is 0 Å². The normalized spacial score (nSPS) is 11.9. The third kappa shape index (κ3) is 5.19. The number of thiazole rings is 1. The van der Waals surface area contributed by atoms with Crippen LogP contribution in [0.3, 0.4) is 0 Å². The molecule has 0 aliphatic rings. The maximum absolute atomic E-state index is 12.9. The molecule has 0 spiro atoms. The molecule has 0 radical (unpaired) electrons. The van der Waals surface area contributed by atoms with E-state index in [1.807, 2.05) is 49.4 Å². The monoisotopic (exact) mass is 430 g/mol. The highest BCUT2D eigenvalue weighted by Gasteiger charge is 2.10. The van der Waals surface area contributed by atoms with Gasteiger partial charge in [-0.2, -0.15) is 4.99 Å². The molecule has 1 amide bonds. The maximum Gasteiger partial charge on any atom is 0.279 e. The van der Waals surface area contributed by atoms with Crippen LogP contribution in [0.25, 0.3) is 10.2 Å². The lowest BCUT2D eigenvalue weighted by molar-refractivity contribution is 0.0996. The van der Waals surface area contributed by atoms with E-state index in [1.54, 1.807) is 11.3 Å². The number of nitrogens with zero attached hydrogens (tertiary/aromatic N) is 2. The average molecular weight is 431 g/mol. The summed E-state index contributed by atoms with van der Waals surface area (Å²) < 4.78 is 8.75. The quantitative estimate of drug-likeness (QED) is 0.370. The minimum Gasteiger partial charge on any atom is -0.380 e. The Morgan fingerprint density at radius 1 is 1.00 bits per heavy atom. The van der Waals surface area contributed by atoms with Crippen molar-refractivity contribution in [2.75, 3.05) is 13.2 Å². The molecule has 4 nitrogen and oxygen atoms in total. The van der Waals surface area contributed by atoms with Crippen LogP contribution in [0.4, 0.5) is 0 Å². The van der Waals surface area contributed by atoms with Crippen molar-refractivity contribution in [1.29, 1.82) is 0 Å². The van der Waals surface area contributed by atoms with Gasteiger partial charge in [-0.3, -0.25) is 4.79 Å². The molecule has 0 saturated carbocycles. The minimum atomic E-state index is -0.223. The number of amides is 1. The van der Waals surface area contributed by atoms with Crippen LogP contribution in [0.2, 0.25) is 0 Å². The van der Waals surface area contributed by atoms with Gasteiger partial charge in [0.25, 0.3) is 5.91 Å². The molecule has 0 bridgehead atoms. The zero-order valence-electron chi connectivity index (χ0n) is 17.9. The molecule has 3 aromatic carbocycles. The van der Waals surface area contributed by atoms with Gasteiger partial charge in [0.2, 0.25) is 0 Å². The van der Waals surface area contributed by atoms with Crippen molar-refractivity contribution in [2.45, 2.75) is 26.8 Å². The molecule has 0 aliphatic carbocycles. The second-order valence-corrected chi connectivity index (χ2v) is 8.49. The molecular weight excluding hydrogens is 404 g/mol. The molecule has 0 fully saturated rings. The third-order valence-electron chi connectivity index (χ3n) is 5.15. The number of rotatable bonds is 7. The summed E-state index contributed by atoms with van der Waals surface area (Å²) in [6.07, 6.45) is 0.847. The number of aromatic nitrogens is 1. The van der Waals surface area contributed by atoms with Gasteiger partial charge in [-0.15, -0.1) is 0 Å². The van der Waals surface area contributed by atoms with Crippen LogP contribution in [0.15, 0.2) is 77.8 Å². The molecule has 1 heterocycles. The molecule has 31 heavy (non-hydrogen) atoms. The Morgan fingerprint density at radius 2 is 1.74 bits per heavy atom. The molecule has 1 aromatic heterocycles. The first-order valence-electron chi connectivity index (χ1n) is 10.5. The lowest BCUT2D eigenvalue weighted by Gasteiger charge is -2.06. The van der Waals surface area contributed by atoms with E-state index in [1.165, 1.54) is 16.7 Å². The van der Waals surface area contributed by atoms with E-state index in [9.17, 15) is 4.79 Å². The zero-order valence-corrected chi connectivity index (χ0v) is 18.7. The third-order valence-corrected chi connectivity index (χ3v) is 6.19. The molecule has 0 N–H and O–H groups in total. The summed E-state index contributed by atoms with van der Waals surface area (Å²) >= 11 is 1.54. The second-order valence-electron chi connectivity index (χ2n) is 7.48. The van der Waals surface area contributed by atoms with Crippen molar-refractivity contribution >= 4 is 27.5 Å². The topological polar surface area (TPSA) is 43.6 Å². The maximum atomic E-state index is 12.9. The van der Waals surface area contributed by atoms with Crippen molar-refractivity contribution in [3.05, 3.63) is 99.9 Å². The predicted octanol–water partition coefficient (Wildman–Crippen LogP) is 5.38. The lowest BCUT2D eigenvalue weighted by atomic mass is 10.0. The van der Waals surface area contributed by atoms with Crippen LogP contribution < -0.4 is 4.80 Å². The molecule has 158 valence electrons. The fourth-order valence-corrected chi connectivity index (χ4v) is 4.68. The Balaban J connectivity index is 1.61. The van der Waals surface area contributed by atoms with Crippen molar-refractivity contribution in [1.82, 2.24) is 4.57 Å². The molecule has 5 heteroatoms. The Kier molecular flexibility index (Phi) is 6.75. The number of fused-ring (bicyclic) bond motifs is 1. The summed E-state index contributed by atoms with van der Waals surface area (Å²) in [4.78, 5) is 18.1. The highest BCUT2D eigenvalue weighted by molar-refractivity contribution is 7.16. The van der Waals surface area contributed by atoms with Gasteiger partial charge in [-0.25, -0.2) is 0 Å². The number of benzene rings is 3. The van der Waals surface area contributed by atoms with Gasteiger partial charge in [0, 0.05) is 18.7 Å². The van der Waals surface area contributed by atoms with Crippen LogP contribution in [0.1, 0.15) is 34.0 Å². The summed E-state index contributed by atoms with van der Waals surface area (Å²) in [6, 6.07) is 24.4. The van der Waals surface area contributed by atoms with Gasteiger partial charge < -0.3 is 9.30 Å². The first kappa shape index (κ1) is 21.2. The van der Waals surface area contributed by atoms with E-state index >= 15 is 0 Å². The van der Waals surface area contributed by atoms with Crippen molar-refractivity contribution in [3.63, 3.8) is 0 Å². The minimum absolute atomic E-state index is 0.223. The van der Waals surface area contributed by atoms with Crippen LogP contribution in [0, 0.1) is 6.92 Å². The van der Waals surface area contributed by atoms with E-state index in [-0.39, 0.29) is 5.91 Å². The summed E-state index contributed by atoms with van der Waals surface area (Å²) in [6.45, 7) is 5.98. The van der Waals surface area contributed by atoms with Crippen molar-refractivity contribution < 1.29 is 9.53 Å². The summed E-state index contributed by atoms with van der Waals surface area (Å²) in [5.41, 5.74) is 5.30. The molecule has 4 rings (SSSR count). The Morgan fingerprint density at radius 3 is 2.48 bits per heavy atom. The van der Waals surface area contributed by atoms with E-state index < -0.39 is 0 Å². The number of aryl methyl sites for hydroxylation is 1. The standard InChI is InChI=1S/C26H26N2O2S/c1-3-30-16-15-28-23-14-9-19(2)17-24(23)31-26(28)27-25(29)22-12-10-21(11-13-22)18-20-7-5-4-6-8-20/h4-14,17H,3,15-16,18H2,1-2H3. The average Bonchev–Trinajstić information content (AvgIpc) is 3.11. The molecule has 0 saturated heterocycles. The molecular formula is C26H26N2O2S. The summed E-state index contributed by atoms with van der Waals surface area (Å²) in [7, 11) is 0. The van der Waals surface area contributed by atoms with Crippen LogP contribution in [0.5, 0.6) is 0 Å². The fourth-order valence-electron chi connectivity index (χ4n) is 3.53. The number of ether oxygens (including phenoxy) is 1. The van der Waals surface area contributed by atoms with Crippen LogP contribution in [-0.4, -0.2) is 23.7 Å². The van der Waals surface area contributed by atoms with E-state index in [0.29, 0.717) is 30.1 Å². The van der Waals surface area contributed by atoms with Gasteiger partial charge in [0.05, 0.1) is 16.8 Å². The van der Waals surface area contributed by atoms with Crippen molar-refractivity contribution in [2.24, 2.45) is 4.99 Å². The Labute approximate surface area is 186 Å². The van der Waals surface area contributed by atoms with E-state index in [2.05, 4.69) is 46.8 Å². The lowest BCUT2D eigenvalue weighted by Crippen LogP contribution is -2.19. The second kappa shape index (κ2) is 9.86. The van der Waals surface area contributed by atoms with Gasteiger partial charge in [-0.05, 0) is 61.2 Å². The van der Waals surface area contributed by atoms with Gasteiger partial charge in [0.15, 0.2) is 4.80 Å². The number of hydrogen-bond acceptors (Lipinski definition) is 3. The number of hydrogen-bond donors (Lipinski definition) is 0. The molecule has 0 unspecified atom stereocenters. The highest BCUT2D eigenvalue weighted by Crippen LogP contribution is 2.19. The van der Waals surface area contributed by atoms with Crippen molar-refractivity contribution in [3.8, 4) is 0 Å². The van der Waals surface area contributed by atoms with Gasteiger partial charge in [-0.1, -0.05) is 59.9 Å².